The second-order valence-corrected chi connectivity index (χ2v) is 10.0. The predicted molar refractivity (Wildman–Crippen MR) is 125 cm³/mol. The number of nitrogens with zero attached hydrogens (tertiary/aromatic N) is 4. The number of rotatable bonds is 7. The lowest BCUT2D eigenvalue weighted by molar-refractivity contribution is 0.0824. The number of thiophene rings is 1. The van der Waals surface area contributed by atoms with Crippen molar-refractivity contribution in [1.82, 2.24) is 25.2 Å². The molecule has 0 spiro atoms. The molecule has 2 amide bonds. The molecule has 2 aromatic heterocycles. The molecule has 0 aliphatic heterocycles. The van der Waals surface area contributed by atoms with Gasteiger partial charge in [-0.05, 0) is 45.7 Å². The smallest absolute Gasteiger partial charge is 0.407 e. The second-order valence-electron chi connectivity index (χ2n) is 8.75. The van der Waals surface area contributed by atoms with Crippen LogP contribution < -0.4 is 5.32 Å². The largest absolute Gasteiger partial charge is 0.465 e. The van der Waals surface area contributed by atoms with Gasteiger partial charge in [0, 0.05) is 29.6 Å². The Morgan fingerprint density at radius 2 is 1.94 bits per heavy atom. The Kier molecular flexibility index (Phi) is 6.98. The van der Waals surface area contributed by atoms with E-state index in [1.807, 2.05) is 71.1 Å². The van der Waals surface area contributed by atoms with Gasteiger partial charge in [0.05, 0.1) is 22.8 Å². The lowest BCUT2D eigenvalue weighted by Crippen LogP contribution is -2.53. The van der Waals surface area contributed by atoms with Gasteiger partial charge < -0.3 is 15.3 Å². The molecule has 0 fully saturated rings. The Hall–Kier alpha value is -3.20. The van der Waals surface area contributed by atoms with E-state index in [1.54, 1.807) is 10.9 Å². The monoisotopic (exact) mass is 455 g/mol. The van der Waals surface area contributed by atoms with E-state index in [0.29, 0.717) is 11.3 Å². The van der Waals surface area contributed by atoms with Crippen molar-refractivity contribution in [2.24, 2.45) is 7.05 Å². The van der Waals surface area contributed by atoms with E-state index in [1.165, 1.54) is 16.2 Å². The maximum atomic E-state index is 13.2. The number of aromatic nitrogens is 3. The van der Waals surface area contributed by atoms with Gasteiger partial charge in [-0.2, -0.15) is 0 Å². The van der Waals surface area contributed by atoms with Gasteiger partial charge in [-0.15, -0.1) is 16.4 Å². The van der Waals surface area contributed by atoms with Crippen LogP contribution in [0.2, 0.25) is 0 Å². The van der Waals surface area contributed by atoms with Gasteiger partial charge >= 0.3 is 6.09 Å². The Labute approximate surface area is 191 Å². The van der Waals surface area contributed by atoms with E-state index in [2.05, 4.69) is 15.6 Å². The number of nitrogens with one attached hydrogen (secondary N) is 1. The van der Waals surface area contributed by atoms with E-state index in [0.717, 1.165) is 21.7 Å². The highest BCUT2D eigenvalue weighted by Gasteiger charge is 2.30. The van der Waals surface area contributed by atoms with Crippen LogP contribution in [-0.4, -0.2) is 55.1 Å². The first-order valence-corrected chi connectivity index (χ1v) is 11.2. The molecule has 3 rings (SSSR count). The summed E-state index contributed by atoms with van der Waals surface area (Å²) in [7, 11) is 1.81. The fourth-order valence-electron chi connectivity index (χ4n) is 3.56. The molecule has 2 heterocycles. The molecule has 3 aromatic rings. The molecule has 170 valence electrons. The molecule has 8 nitrogen and oxygen atoms in total. The predicted octanol–water partition coefficient (Wildman–Crippen LogP) is 3.97. The van der Waals surface area contributed by atoms with E-state index < -0.39 is 11.6 Å². The highest BCUT2D eigenvalue weighted by Crippen LogP contribution is 2.30. The van der Waals surface area contributed by atoms with Crippen molar-refractivity contribution in [3.63, 3.8) is 0 Å². The Morgan fingerprint density at radius 1 is 1.25 bits per heavy atom. The lowest BCUT2D eigenvalue weighted by atomic mass is 10.0. The van der Waals surface area contributed by atoms with Gasteiger partial charge in [-0.1, -0.05) is 35.5 Å². The molecule has 0 unspecified atom stereocenters. The van der Waals surface area contributed by atoms with E-state index in [9.17, 15) is 14.7 Å². The third-order valence-electron chi connectivity index (χ3n) is 5.24. The van der Waals surface area contributed by atoms with Crippen LogP contribution in [0.15, 0.2) is 42.6 Å². The van der Waals surface area contributed by atoms with Crippen molar-refractivity contribution in [3.8, 4) is 11.3 Å². The zero-order valence-electron chi connectivity index (χ0n) is 19.0. The maximum absolute atomic E-state index is 13.2. The van der Waals surface area contributed by atoms with Crippen LogP contribution in [-0.2, 0) is 13.5 Å². The Morgan fingerprint density at radius 3 is 2.50 bits per heavy atom. The van der Waals surface area contributed by atoms with Gasteiger partial charge in [0.2, 0.25) is 0 Å². The molecule has 9 heteroatoms. The van der Waals surface area contributed by atoms with Crippen molar-refractivity contribution in [2.75, 3.05) is 6.54 Å². The summed E-state index contributed by atoms with van der Waals surface area (Å²) >= 11 is 1.40. The summed E-state index contributed by atoms with van der Waals surface area (Å²) in [5, 5.41) is 20.7. The molecule has 32 heavy (non-hydrogen) atoms. The van der Waals surface area contributed by atoms with Crippen LogP contribution in [0.25, 0.3) is 11.3 Å². The fraction of sp³-hybridized carbons (Fsp3) is 0.391. The van der Waals surface area contributed by atoms with Gasteiger partial charge in [-0.3, -0.25) is 4.79 Å². The summed E-state index contributed by atoms with van der Waals surface area (Å²) in [6, 6.07) is 11.2. The number of carboxylic acid groups (broad SMARTS) is 1. The number of carbonyl (C=O) groups is 2. The minimum Gasteiger partial charge on any atom is -0.465 e. The van der Waals surface area contributed by atoms with E-state index >= 15 is 0 Å². The minimum absolute atomic E-state index is 0.183. The summed E-state index contributed by atoms with van der Waals surface area (Å²) in [5.41, 5.74) is 2.18. The Bertz CT molecular complexity index is 1080. The number of aryl methyl sites for hydroxylation is 2. The van der Waals surface area contributed by atoms with Gasteiger partial charge in [0.1, 0.15) is 0 Å². The Balaban J connectivity index is 1.84. The third kappa shape index (κ3) is 5.53. The molecule has 0 bridgehead atoms. The number of hydrogen-bond acceptors (Lipinski definition) is 5. The van der Waals surface area contributed by atoms with Crippen LogP contribution in [0.5, 0.6) is 0 Å². The molecule has 1 aromatic carbocycles. The second kappa shape index (κ2) is 9.52. The average molecular weight is 456 g/mol. The molecule has 0 saturated heterocycles. The fourth-order valence-corrected chi connectivity index (χ4v) is 4.49. The summed E-state index contributed by atoms with van der Waals surface area (Å²) in [6.07, 6.45) is 1.18. The first-order valence-electron chi connectivity index (χ1n) is 10.4. The highest BCUT2D eigenvalue weighted by molar-refractivity contribution is 7.14. The molecule has 1 atom stereocenters. The quantitative estimate of drug-likeness (QED) is 0.561. The van der Waals surface area contributed by atoms with Crippen molar-refractivity contribution in [1.29, 1.82) is 0 Å². The van der Waals surface area contributed by atoms with Gasteiger partial charge in [-0.25, -0.2) is 9.48 Å². The van der Waals surface area contributed by atoms with Gasteiger partial charge in [0.25, 0.3) is 5.91 Å². The van der Waals surface area contributed by atoms with Crippen molar-refractivity contribution < 1.29 is 14.7 Å². The van der Waals surface area contributed by atoms with Crippen molar-refractivity contribution >= 4 is 23.3 Å². The van der Waals surface area contributed by atoms with Crippen molar-refractivity contribution in [2.45, 2.75) is 45.7 Å². The normalized spacial score (nSPS) is 12.4. The standard InChI is InChI=1S/C23H29N5O3S/c1-15-18(19-13-24-26-27(19)5)12-20(32-15)21(29)25-17(11-16-9-7-6-8-10-16)14-28(22(30)31)23(2,3)4/h6-10,12-13,17H,11,14H2,1-5H3,(H,25,29)(H,30,31)/t17-/m0/s1. The SMILES string of the molecule is Cc1sc(C(=O)N[C@@H](Cc2ccccc2)CN(C(=O)O)C(C)(C)C)cc1-c1cnnn1C. The number of amides is 2. The summed E-state index contributed by atoms with van der Waals surface area (Å²) in [4.78, 5) is 28.0. The first kappa shape index (κ1) is 23.5. The molecule has 0 radical (unpaired) electrons. The van der Waals surface area contributed by atoms with E-state index in [4.69, 9.17) is 0 Å². The molecular weight excluding hydrogens is 426 g/mol. The highest BCUT2D eigenvalue weighted by atomic mass is 32.1. The topological polar surface area (TPSA) is 100 Å². The summed E-state index contributed by atoms with van der Waals surface area (Å²) in [6.45, 7) is 7.68. The van der Waals surface area contributed by atoms with Crippen LogP contribution in [0.3, 0.4) is 0 Å². The summed E-state index contributed by atoms with van der Waals surface area (Å²) in [5.74, 6) is -0.223. The lowest BCUT2D eigenvalue weighted by Gasteiger charge is -2.36. The number of hydrogen-bond donors (Lipinski definition) is 2. The van der Waals surface area contributed by atoms with Crippen molar-refractivity contribution in [3.05, 3.63) is 57.9 Å². The first-order chi connectivity index (χ1) is 15.1. The average Bonchev–Trinajstić information content (AvgIpc) is 3.30. The maximum Gasteiger partial charge on any atom is 0.407 e. The van der Waals surface area contributed by atoms with Crippen LogP contribution in [0, 0.1) is 6.92 Å². The number of benzene rings is 1. The van der Waals surface area contributed by atoms with Crippen LogP contribution in [0.1, 0.15) is 40.9 Å². The van der Waals surface area contributed by atoms with E-state index in [-0.39, 0.29) is 18.5 Å². The zero-order valence-corrected chi connectivity index (χ0v) is 19.8. The molecule has 0 aliphatic carbocycles. The minimum atomic E-state index is -1.01. The molecular formula is C23H29N5O3S. The van der Waals surface area contributed by atoms with Crippen LogP contribution in [0.4, 0.5) is 4.79 Å². The number of carbonyl (C=O) groups excluding carboxylic acids is 1. The molecule has 0 aliphatic rings. The molecule has 2 N–H and O–H groups in total. The molecule has 0 saturated carbocycles. The van der Waals surface area contributed by atoms with Gasteiger partial charge in [0.15, 0.2) is 0 Å². The zero-order chi connectivity index (χ0) is 23.5. The third-order valence-corrected chi connectivity index (χ3v) is 6.29. The summed E-state index contributed by atoms with van der Waals surface area (Å²) < 4.78 is 1.67. The van der Waals surface area contributed by atoms with Crippen LogP contribution >= 0.6 is 11.3 Å².